The van der Waals surface area contributed by atoms with E-state index in [0.717, 1.165) is 12.1 Å². The second kappa shape index (κ2) is 5.93. The number of aromatic nitrogens is 1. The van der Waals surface area contributed by atoms with Crippen LogP contribution in [0, 0.1) is 0 Å². The highest BCUT2D eigenvalue weighted by Crippen LogP contribution is 2.03. The van der Waals surface area contributed by atoms with E-state index in [-0.39, 0.29) is 6.42 Å². The normalized spacial score (nSPS) is 10.7. The minimum Gasteiger partial charge on any atom is -0.481 e. The predicted octanol–water partition coefficient (Wildman–Crippen LogP) is 0.941. The molecule has 2 N–H and O–H groups in total. The summed E-state index contributed by atoms with van der Waals surface area (Å²) in [7, 11) is 1.87. The standard InChI is InChI=1S/C11H14N2O2/c1-12-6-2-3-9-4-5-10(13-8-9)7-11(14)15/h2-5,8,12H,6-7H2,1H3,(H,14,15). The second-order valence-electron chi connectivity index (χ2n) is 3.11. The number of hydrogen-bond donors (Lipinski definition) is 2. The van der Waals surface area contributed by atoms with Crippen LogP contribution in [0.25, 0.3) is 6.08 Å². The van der Waals surface area contributed by atoms with E-state index in [2.05, 4.69) is 10.3 Å². The molecule has 1 rings (SSSR count). The van der Waals surface area contributed by atoms with Gasteiger partial charge >= 0.3 is 5.97 Å². The molecule has 0 bridgehead atoms. The zero-order chi connectivity index (χ0) is 11.1. The molecule has 0 unspecified atom stereocenters. The number of carbonyl (C=O) groups is 1. The molecule has 0 spiro atoms. The van der Waals surface area contributed by atoms with Gasteiger partial charge in [-0.3, -0.25) is 9.78 Å². The highest BCUT2D eigenvalue weighted by atomic mass is 16.4. The van der Waals surface area contributed by atoms with Crippen LogP contribution < -0.4 is 5.32 Å². The van der Waals surface area contributed by atoms with E-state index >= 15 is 0 Å². The number of aliphatic carboxylic acids is 1. The molecule has 0 amide bonds. The van der Waals surface area contributed by atoms with Crippen molar-refractivity contribution in [3.8, 4) is 0 Å². The molecule has 0 radical (unpaired) electrons. The van der Waals surface area contributed by atoms with Crippen molar-refractivity contribution in [2.45, 2.75) is 6.42 Å². The molecule has 0 atom stereocenters. The Morgan fingerprint density at radius 1 is 1.60 bits per heavy atom. The van der Waals surface area contributed by atoms with Gasteiger partial charge in [-0.2, -0.15) is 0 Å². The lowest BCUT2D eigenvalue weighted by molar-refractivity contribution is -0.136. The number of likely N-dealkylation sites (N-methyl/N-ethyl adjacent to an activating group) is 1. The largest absolute Gasteiger partial charge is 0.481 e. The van der Waals surface area contributed by atoms with Crippen LogP contribution in [0.3, 0.4) is 0 Å². The molecule has 80 valence electrons. The second-order valence-corrected chi connectivity index (χ2v) is 3.11. The number of hydrogen-bond acceptors (Lipinski definition) is 3. The number of rotatable bonds is 5. The van der Waals surface area contributed by atoms with E-state index in [1.807, 2.05) is 25.3 Å². The summed E-state index contributed by atoms with van der Waals surface area (Å²) in [5, 5.41) is 11.5. The van der Waals surface area contributed by atoms with Gasteiger partial charge in [0.2, 0.25) is 0 Å². The van der Waals surface area contributed by atoms with Crippen molar-refractivity contribution >= 4 is 12.0 Å². The fourth-order valence-corrected chi connectivity index (χ4v) is 1.11. The summed E-state index contributed by atoms with van der Waals surface area (Å²) in [4.78, 5) is 14.4. The highest BCUT2D eigenvalue weighted by Gasteiger charge is 2.00. The molecule has 1 aromatic rings. The Labute approximate surface area is 88.7 Å². The van der Waals surface area contributed by atoms with Gasteiger partial charge in [0.25, 0.3) is 0 Å². The van der Waals surface area contributed by atoms with Crippen molar-refractivity contribution < 1.29 is 9.90 Å². The van der Waals surface area contributed by atoms with Gasteiger partial charge in [-0.1, -0.05) is 18.2 Å². The molecular formula is C11H14N2O2. The fourth-order valence-electron chi connectivity index (χ4n) is 1.11. The molecule has 1 aromatic heterocycles. The van der Waals surface area contributed by atoms with Crippen molar-refractivity contribution in [1.82, 2.24) is 10.3 Å². The van der Waals surface area contributed by atoms with E-state index in [4.69, 9.17) is 5.11 Å². The minimum absolute atomic E-state index is 0.0273. The number of nitrogens with zero attached hydrogens (tertiary/aromatic N) is 1. The molecule has 4 heteroatoms. The van der Waals surface area contributed by atoms with E-state index in [1.54, 1.807) is 12.3 Å². The fraction of sp³-hybridized carbons (Fsp3) is 0.273. The Morgan fingerprint density at radius 3 is 2.93 bits per heavy atom. The van der Waals surface area contributed by atoms with Crippen molar-refractivity contribution in [1.29, 1.82) is 0 Å². The molecule has 15 heavy (non-hydrogen) atoms. The zero-order valence-electron chi connectivity index (χ0n) is 8.60. The lowest BCUT2D eigenvalue weighted by Crippen LogP contribution is -2.03. The summed E-state index contributed by atoms with van der Waals surface area (Å²) < 4.78 is 0. The predicted molar refractivity (Wildman–Crippen MR) is 58.5 cm³/mol. The Kier molecular flexibility index (Phi) is 4.50. The third-order valence-electron chi connectivity index (χ3n) is 1.81. The van der Waals surface area contributed by atoms with Crippen molar-refractivity contribution in [2.75, 3.05) is 13.6 Å². The third kappa shape index (κ3) is 4.37. The molecular weight excluding hydrogens is 192 g/mol. The van der Waals surface area contributed by atoms with Crippen LogP contribution in [0.15, 0.2) is 24.4 Å². The summed E-state index contributed by atoms with van der Waals surface area (Å²) in [6, 6.07) is 3.59. The van der Waals surface area contributed by atoms with Crippen molar-refractivity contribution in [2.24, 2.45) is 0 Å². The molecule has 0 aromatic carbocycles. The van der Waals surface area contributed by atoms with Gasteiger partial charge in [0.1, 0.15) is 0 Å². The Hall–Kier alpha value is -1.68. The number of carboxylic acid groups (broad SMARTS) is 1. The Balaban J connectivity index is 2.60. The van der Waals surface area contributed by atoms with Gasteiger partial charge in [0.15, 0.2) is 0 Å². The molecule has 0 saturated heterocycles. The first kappa shape index (κ1) is 11.4. The summed E-state index contributed by atoms with van der Waals surface area (Å²) >= 11 is 0. The van der Waals surface area contributed by atoms with Crippen LogP contribution in [0.1, 0.15) is 11.3 Å². The first-order valence-electron chi connectivity index (χ1n) is 4.70. The van der Waals surface area contributed by atoms with Gasteiger partial charge in [-0.05, 0) is 18.7 Å². The van der Waals surface area contributed by atoms with Crippen LogP contribution >= 0.6 is 0 Å². The number of carboxylic acids is 1. The molecule has 4 nitrogen and oxygen atoms in total. The smallest absolute Gasteiger partial charge is 0.309 e. The quantitative estimate of drug-likeness (QED) is 0.752. The highest BCUT2D eigenvalue weighted by molar-refractivity contribution is 5.69. The summed E-state index contributed by atoms with van der Waals surface area (Å²) in [5.41, 5.74) is 1.55. The van der Waals surface area contributed by atoms with E-state index in [0.29, 0.717) is 5.69 Å². The molecule has 0 aliphatic carbocycles. The lowest BCUT2D eigenvalue weighted by atomic mass is 10.2. The average molecular weight is 206 g/mol. The maximum absolute atomic E-state index is 10.4. The number of nitrogens with one attached hydrogen (secondary N) is 1. The van der Waals surface area contributed by atoms with Crippen molar-refractivity contribution in [3.63, 3.8) is 0 Å². The molecule has 0 saturated carbocycles. The Bertz CT molecular complexity index is 344. The number of pyridine rings is 1. The molecule has 0 aliphatic heterocycles. The first-order valence-corrected chi connectivity index (χ1v) is 4.70. The van der Waals surface area contributed by atoms with Crippen LogP contribution in [-0.4, -0.2) is 29.7 Å². The first-order chi connectivity index (χ1) is 7.22. The van der Waals surface area contributed by atoms with Crippen LogP contribution in [0.5, 0.6) is 0 Å². The summed E-state index contributed by atoms with van der Waals surface area (Å²) in [6.07, 6.45) is 5.56. The Morgan fingerprint density at radius 2 is 2.40 bits per heavy atom. The lowest BCUT2D eigenvalue weighted by Gasteiger charge is -1.97. The van der Waals surface area contributed by atoms with Gasteiger partial charge in [-0.25, -0.2) is 0 Å². The molecule has 0 aliphatic rings. The van der Waals surface area contributed by atoms with E-state index in [1.165, 1.54) is 0 Å². The maximum atomic E-state index is 10.4. The van der Waals surface area contributed by atoms with Gasteiger partial charge in [0, 0.05) is 12.7 Å². The minimum atomic E-state index is -0.860. The van der Waals surface area contributed by atoms with Crippen LogP contribution in [0.2, 0.25) is 0 Å². The average Bonchev–Trinajstić information content (AvgIpc) is 2.20. The van der Waals surface area contributed by atoms with E-state index < -0.39 is 5.97 Å². The van der Waals surface area contributed by atoms with E-state index in [9.17, 15) is 4.79 Å². The topological polar surface area (TPSA) is 62.2 Å². The van der Waals surface area contributed by atoms with Crippen molar-refractivity contribution in [3.05, 3.63) is 35.7 Å². The summed E-state index contributed by atoms with van der Waals surface area (Å²) in [6.45, 7) is 0.802. The molecule has 1 heterocycles. The van der Waals surface area contributed by atoms with Gasteiger partial charge in [0.05, 0.1) is 12.1 Å². The SMILES string of the molecule is CNCC=Cc1ccc(CC(=O)O)nc1. The van der Waals surface area contributed by atoms with Gasteiger partial charge in [-0.15, -0.1) is 0 Å². The maximum Gasteiger partial charge on any atom is 0.309 e. The monoisotopic (exact) mass is 206 g/mol. The molecule has 0 fully saturated rings. The van der Waals surface area contributed by atoms with Crippen LogP contribution in [0.4, 0.5) is 0 Å². The van der Waals surface area contributed by atoms with Gasteiger partial charge < -0.3 is 10.4 Å². The third-order valence-corrected chi connectivity index (χ3v) is 1.81. The summed E-state index contributed by atoms with van der Waals surface area (Å²) in [5.74, 6) is -0.860. The van der Waals surface area contributed by atoms with Crippen LogP contribution in [-0.2, 0) is 11.2 Å². The zero-order valence-corrected chi connectivity index (χ0v) is 8.60.